The Morgan fingerprint density at radius 1 is 1.32 bits per heavy atom. The summed E-state index contributed by atoms with van der Waals surface area (Å²) in [6, 6.07) is 6.90. The van der Waals surface area contributed by atoms with E-state index in [2.05, 4.69) is 5.32 Å². The third kappa shape index (κ3) is 3.50. The summed E-state index contributed by atoms with van der Waals surface area (Å²) < 4.78 is 4.71. The quantitative estimate of drug-likeness (QED) is 0.864. The molecule has 1 aliphatic heterocycles. The van der Waals surface area contributed by atoms with Crippen molar-refractivity contribution in [1.82, 2.24) is 0 Å². The van der Waals surface area contributed by atoms with E-state index >= 15 is 0 Å². The van der Waals surface area contributed by atoms with E-state index in [4.69, 9.17) is 4.74 Å². The Morgan fingerprint density at radius 2 is 2.11 bits per heavy atom. The fraction of sp³-hybridized carbons (Fsp3) is 0.429. The van der Waals surface area contributed by atoms with Gasteiger partial charge in [0.2, 0.25) is 5.91 Å². The molecule has 1 heterocycles. The van der Waals surface area contributed by atoms with Crippen molar-refractivity contribution in [2.45, 2.75) is 24.5 Å². The van der Waals surface area contributed by atoms with Gasteiger partial charge in [-0.25, -0.2) is 4.79 Å². The molecular formula is C14H17NO3S. The van der Waals surface area contributed by atoms with Gasteiger partial charge < -0.3 is 10.1 Å². The Kier molecular flexibility index (Phi) is 4.85. The molecule has 0 bridgehead atoms. The molecule has 2 rings (SSSR count). The summed E-state index contributed by atoms with van der Waals surface area (Å²) in [5.74, 6) is 0.560. The molecule has 1 unspecified atom stereocenters. The average Bonchev–Trinajstić information content (AvgIpc) is 2.48. The van der Waals surface area contributed by atoms with Crippen molar-refractivity contribution < 1.29 is 14.3 Å². The number of anilines is 1. The lowest BCUT2D eigenvalue weighted by atomic mass is 10.1. The van der Waals surface area contributed by atoms with Crippen LogP contribution in [0.3, 0.4) is 0 Å². The average molecular weight is 279 g/mol. The van der Waals surface area contributed by atoms with Crippen LogP contribution >= 0.6 is 11.8 Å². The number of benzene rings is 1. The Morgan fingerprint density at radius 3 is 2.79 bits per heavy atom. The lowest BCUT2D eigenvalue weighted by Crippen LogP contribution is -2.28. The Hall–Kier alpha value is -1.49. The molecule has 0 radical (unpaired) electrons. The van der Waals surface area contributed by atoms with E-state index in [1.54, 1.807) is 36.0 Å². The van der Waals surface area contributed by atoms with E-state index in [0.717, 1.165) is 18.6 Å². The molecule has 1 aromatic carbocycles. The summed E-state index contributed by atoms with van der Waals surface area (Å²) in [7, 11) is 1.33. The first-order valence-corrected chi connectivity index (χ1v) is 7.37. The second-order valence-corrected chi connectivity index (χ2v) is 5.69. The van der Waals surface area contributed by atoms with Gasteiger partial charge >= 0.3 is 5.97 Å². The molecule has 1 saturated heterocycles. The fourth-order valence-corrected chi connectivity index (χ4v) is 3.24. The summed E-state index contributed by atoms with van der Waals surface area (Å²) in [5, 5.41) is 2.82. The van der Waals surface area contributed by atoms with Crippen LogP contribution in [0.1, 0.15) is 29.6 Å². The molecule has 0 saturated carbocycles. The summed E-state index contributed by atoms with van der Waals surface area (Å²) in [6.45, 7) is 0. The molecule has 0 aliphatic carbocycles. The highest BCUT2D eigenvalue weighted by molar-refractivity contribution is 8.00. The van der Waals surface area contributed by atoms with Gasteiger partial charge in [0.1, 0.15) is 0 Å². The maximum Gasteiger partial charge on any atom is 0.339 e. The van der Waals surface area contributed by atoms with Crippen molar-refractivity contribution in [3.8, 4) is 0 Å². The summed E-state index contributed by atoms with van der Waals surface area (Å²) in [4.78, 5) is 23.8. The molecule has 5 heteroatoms. The van der Waals surface area contributed by atoms with E-state index < -0.39 is 5.97 Å². The molecule has 1 N–H and O–H groups in total. The fourth-order valence-electron chi connectivity index (χ4n) is 2.04. The number of hydrogen-bond acceptors (Lipinski definition) is 4. The number of amides is 1. The number of carbonyl (C=O) groups excluding carboxylic acids is 2. The van der Waals surface area contributed by atoms with Crippen molar-refractivity contribution >= 4 is 29.3 Å². The molecular weight excluding hydrogens is 262 g/mol. The Bertz CT molecular complexity index is 470. The number of ether oxygens (including phenoxy) is 1. The zero-order chi connectivity index (χ0) is 13.7. The van der Waals surface area contributed by atoms with Crippen LogP contribution in [0.4, 0.5) is 5.69 Å². The van der Waals surface area contributed by atoms with Gasteiger partial charge in [-0.15, -0.1) is 11.8 Å². The second kappa shape index (κ2) is 6.61. The van der Waals surface area contributed by atoms with Gasteiger partial charge in [-0.05, 0) is 30.7 Å². The molecule has 4 nitrogen and oxygen atoms in total. The van der Waals surface area contributed by atoms with Crippen LogP contribution in [0.15, 0.2) is 24.3 Å². The lowest BCUT2D eigenvalue weighted by molar-refractivity contribution is -0.115. The highest BCUT2D eigenvalue weighted by atomic mass is 32.2. The minimum Gasteiger partial charge on any atom is -0.465 e. The number of carbonyl (C=O) groups is 2. The topological polar surface area (TPSA) is 55.4 Å². The van der Waals surface area contributed by atoms with Gasteiger partial charge in [-0.3, -0.25) is 4.79 Å². The largest absolute Gasteiger partial charge is 0.465 e. The zero-order valence-electron chi connectivity index (χ0n) is 10.8. The molecule has 1 aliphatic rings. The van der Waals surface area contributed by atoms with Crippen molar-refractivity contribution in [2.24, 2.45) is 0 Å². The number of hydrogen-bond donors (Lipinski definition) is 1. The van der Waals surface area contributed by atoms with E-state index in [-0.39, 0.29) is 11.2 Å². The highest BCUT2D eigenvalue weighted by Gasteiger charge is 2.23. The molecule has 1 fully saturated rings. The standard InChI is InChI=1S/C14H17NO3S/c1-18-14(17)10-6-2-3-7-11(10)15-13(16)12-8-4-5-9-19-12/h2-3,6-7,12H,4-5,8-9H2,1H3,(H,15,16). The number of methoxy groups -OCH3 is 1. The molecule has 19 heavy (non-hydrogen) atoms. The van der Waals surface area contributed by atoms with E-state index in [1.807, 2.05) is 0 Å². The number of para-hydroxylation sites is 1. The van der Waals surface area contributed by atoms with Crippen molar-refractivity contribution in [3.05, 3.63) is 29.8 Å². The van der Waals surface area contributed by atoms with Crippen LogP contribution in [0.5, 0.6) is 0 Å². The van der Waals surface area contributed by atoms with Crippen LogP contribution in [0, 0.1) is 0 Å². The van der Waals surface area contributed by atoms with Crippen molar-refractivity contribution in [2.75, 3.05) is 18.2 Å². The third-order valence-electron chi connectivity index (χ3n) is 3.06. The van der Waals surface area contributed by atoms with Crippen molar-refractivity contribution in [3.63, 3.8) is 0 Å². The first kappa shape index (κ1) is 13.9. The van der Waals surface area contributed by atoms with Crippen LogP contribution < -0.4 is 5.32 Å². The summed E-state index contributed by atoms with van der Waals surface area (Å²) in [5.41, 5.74) is 0.907. The summed E-state index contributed by atoms with van der Waals surface area (Å²) in [6.07, 6.45) is 3.16. The zero-order valence-corrected chi connectivity index (χ0v) is 11.7. The van der Waals surface area contributed by atoms with E-state index in [9.17, 15) is 9.59 Å². The second-order valence-electron chi connectivity index (χ2n) is 4.38. The number of esters is 1. The summed E-state index contributed by atoms with van der Waals surface area (Å²) >= 11 is 1.68. The van der Waals surface area contributed by atoms with Crippen LogP contribution in [-0.4, -0.2) is 30.0 Å². The van der Waals surface area contributed by atoms with Crippen molar-refractivity contribution in [1.29, 1.82) is 0 Å². The van der Waals surface area contributed by atoms with Gasteiger partial charge in [0.25, 0.3) is 0 Å². The minimum absolute atomic E-state index is 0.0144. The monoisotopic (exact) mass is 279 g/mol. The molecule has 1 atom stereocenters. The molecule has 1 amide bonds. The van der Waals surface area contributed by atoms with Crippen LogP contribution in [0.2, 0.25) is 0 Å². The van der Waals surface area contributed by atoms with Gasteiger partial charge in [0, 0.05) is 0 Å². The SMILES string of the molecule is COC(=O)c1ccccc1NC(=O)C1CCCCS1. The Balaban J connectivity index is 2.09. The lowest BCUT2D eigenvalue weighted by Gasteiger charge is -2.21. The first-order valence-electron chi connectivity index (χ1n) is 6.32. The predicted molar refractivity (Wildman–Crippen MR) is 76.5 cm³/mol. The first-order chi connectivity index (χ1) is 9.22. The molecule has 0 aromatic heterocycles. The van der Waals surface area contributed by atoms with E-state index in [0.29, 0.717) is 11.3 Å². The molecule has 0 spiro atoms. The normalized spacial score (nSPS) is 18.7. The van der Waals surface area contributed by atoms with E-state index in [1.165, 1.54) is 13.5 Å². The van der Waals surface area contributed by atoms with Gasteiger partial charge in [-0.1, -0.05) is 18.6 Å². The third-order valence-corrected chi connectivity index (χ3v) is 4.44. The predicted octanol–water partition coefficient (Wildman–Crippen LogP) is 2.70. The van der Waals surface area contributed by atoms with Crippen LogP contribution in [0.25, 0.3) is 0 Å². The number of thioether (sulfide) groups is 1. The molecule has 102 valence electrons. The number of nitrogens with one attached hydrogen (secondary N) is 1. The number of rotatable bonds is 3. The maximum absolute atomic E-state index is 12.1. The highest BCUT2D eigenvalue weighted by Crippen LogP contribution is 2.26. The minimum atomic E-state index is -0.438. The van der Waals surface area contributed by atoms with Crippen LogP contribution in [-0.2, 0) is 9.53 Å². The van der Waals surface area contributed by atoms with Gasteiger partial charge in [0.05, 0.1) is 23.6 Å². The smallest absolute Gasteiger partial charge is 0.339 e. The Labute approximate surface area is 116 Å². The maximum atomic E-state index is 12.1. The van der Waals surface area contributed by atoms with Gasteiger partial charge in [-0.2, -0.15) is 0 Å². The molecule has 1 aromatic rings. The van der Waals surface area contributed by atoms with Gasteiger partial charge in [0.15, 0.2) is 0 Å².